The molecule has 13 heavy (non-hydrogen) atoms. The zero-order valence-corrected chi connectivity index (χ0v) is 7.62. The van der Waals surface area contributed by atoms with Crippen molar-refractivity contribution in [2.75, 3.05) is 19.7 Å². The van der Waals surface area contributed by atoms with Crippen molar-refractivity contribution >= 4 is 5.91 Å². The van der Waals surface area contributed by atoms with Crippen LogP contribution >= 0.6 is 0 Å². The van der Waals surface area contributed by atoms with Crippen LogP contribution in [0.3, 0.4) is 0 Å². The third-order valence-corrected chi connectivity index (χ3v) is 2.34. The Morgan fingerprint density at radius 3 is 2.85 bits per heavy atom. The molecule has 1 amide bonds. The van der Waals surface area contributed by atoms with Gasteiger partial charge in [-0.25, -0.2) is 0 Å². The molecule has 0 unspecified atom stereocenters. The van der Waals surface area contributed by atoms with E-state index in [9.17, 15) is 9.90 Å². The first-order valence-electron chi connectivity index (χ1n) is 4.41. The Morgan fingerprint density at radius 1 is 1.69 bits per heavy atom. The molecule has 0 spiro atoms. The second-order valence-electron chi connectivity index (χ2n) is 3.92. The Morgan fingerprint density at radius 2 is 2.38 bits per heavy atom. The summed E-state index contributed by atoms with van der Waals surface area (Å²) in [5.41, 5.74) is 0.0332. The summed E-state index contributed by atoms with van der Waals surface area (Å²) in [6.45, 7) is 3.20. The van der Waals surface area contributed by atoms with Crippen LogP contribution in [0.2, 0.25) is 0 Å². The van der Waals surface area contributed by atoms with Gasteiger partial charge in [-0.15, -0.1) is 0 Å². The van der Waals surface area contributed by atoms with Crippen LogP contribution in [0.25, 0.3) is 0 Å². The predicted molar refractivity (Wildman–Crippen MR) is 45.9 cm³/mol. The average Bonchev–Trinajstić information content (AvgIpc) is 2.50. The smallest absolute Gasteiger partial charge is 0.253 e. The summed E-state index contributed by atoms with van der Waals surface area (Å²) in [4.78, 5) is 13.2. The number of β-amino-alcohol motifs (C(OH)–C–C–N with tert-alkyl or cyclic N) is 1. The number of rotatable bonds is 1. The fourth-order valence-corrected chi connectivity index (χ4v) is 1.67. The Balaban J connectivity index is 1.93. The van der Waals surface area contributed by atoms with E-state index in [4.69, 9.17) is 4.74 Å². The van der Waals surface area contributed by atoms with Gasteiger partial charge in [0.1, 0.15) is 0 Å². The Bertz CT molecular complexity index is 262. The number of hydrogen-bond acceptors (Lipinski definition) is 3. The summed E-state index contributed by atoms with van der Waals surface area (Å²) in [6.07, 6.45) is 2.22. The number of nitrogens with zero attached hydrogens (tertiary/aromatic N) is 1. The zero-order valence-electron chi connectivity index (χ0n) is 7.62. The van der Waals surface area contributed by atoms with E-state index in [1.54, 1.807) is 11.8 Å². The van der Waals surface area contributed by atoms with Crippen molar-refractivity contribution in [1.29, 1.82) is 0 Å². The lowest BCUT2D eigenvalue weighted by Crippen LogP contribution is -2.61. The van der Waals surface area contributed by atoms with Crippen molar-refractivity contribution < 1.29 is 14.6 Å². The number of ether oxygens (including phenoxy) is 1. The molecule has 2 heterocycles. The zero-order chi connectivity index (χ0) is 9.47. The first-order chi connectivity index (χ1) is 6.08. The quantitative estimate of drug-likeness (QED) is 0.616. The molecular formula is C9H13NO3. The predicted octanol–water partition coefficient (Wildman–Crippen LogP) is -0.116. The van der Waals surface area contributed by atoms with Gasteiger partial charge in [0.15, 0.2) is 0 Å². The molecule has 0 radical (unpaired) electrons. The average molecular weight is 183 g/mol. The minimum atomic E-state index is -0.685. The topological polar surface area (TPSA) is 49.8 Å². The van der Waals surface area contributed by atoms with Crippen molar-refractivity contribution in [1.82, 2.24) is 4.90 Å². The summed E-state index contributed by atoms with van der Waals surface area (Å²) in [5, 5.41) is 9.43. The van der Waals surface area contributed by atoms with E-state index in [1.807, 2.05) is 0 Å². The van der Waals surface area contributed by atoms with Gasteiger partial charge in [0.05, 0.1) is 37.1 Å². The van der Waals surface area contributed by atoms with Gasteiger partial charge in [-0.1, -0.05) is 0 Å². The SMILES string of the molecule is CC1(O)CN(C(=O)C2=COCC2)C1. The highest BCUT2D eigenvalue weighted by Gasteiger charge is 2.40. The second-order valence-corrected chi connectivity index (χ2v) is 3.92. The van der Waals surface area contributed by atoms with Gasteiger partial charge >= 0.3 is 0 Å². The molecule has 1 fully saturated rings. The minimum absolute atomic E-state index is 0.00373. The maximum Gasteiger partial charge on any atom is 0.253 e. The largest absolute Gasteiger partial charge is 0.500 e. The molecule has 4 nitrogen and oxygen atoms in total. The fraction of sp³-hybridized carbons (Fsp3) is 0.667. The van der Waals surface area contributed by atoms with Crippen LogP contribution in [0.4, 0.5) is 0 Å². The Kier molecular flexibility index (Phi) is 1.80. The third kappa shape index (κ3) is 1.54. The standard InChI is InChI=1S/C9H13NO3/c1-9(12)5-10(6-9)8(11)7-2-3-13-4-7/h4,12H,2-3,5-6H2,1H3. The number of aliphatic hydroxyl groups is 1. The molecule has 1 saturated heterocycles. The van der Waals surface area contributed by atoms with Crippen molar-refractivity contribution in [2.45, 2.75) is 18.9 Å². The second kappa shape index (κ2) is 2.73. The maximum absolute atomic E-state index is 11.6. The van der Waals surface area contributed by atoms with Gasteiger partial charge < -0.3 is 14.7 Å². The van der Waals surface area contributed by atoms with E-state index < -0.39 is 5.60 Å². The summed E-state index contributed by atoms with van der Waals surface area (Å²) in [7, 11) is 0. The van der Waals surface area contributed by atoms with Gasteiger partial charge in [0, 0.05) is 6.42 Å². The lowest BCUT2D eigenvalue weighted by atomic mass is 9.96. The third-order valence-electron chi connectivity index (χ3n) is 2.34. The van der Waals surface area contributed by atoms with Crippen LogP contribution in [0.1, 0.15) is 13.3 Å². The number of hydrogen-bond donors (Lipinski definition) is 1. The molecule has 0 atom stereocenters. The van der Waals surface area contributed by atoms with Crippen molar-refractivity contribution in [3.05, 3.63) is 11.8 Å². The highest BCUT2D eigenvalue weighted by Crippen LogP contribution is 2.23. The number of likely N-dealkylation sites (tertiary alicyclic amines) is 1. The molecule has 2 aliphatic rings. The lowest BCUT2D eigenvalue weighted by molar-refractivity contribution is -0.148. The van der Waals surface area contributed by atoms with Gasteiger partial charge in [-0.2, -0.15) is 0 Å². The van der Waals surface area contributed by atoms with E-state index in [0.29, 0.717) is 26.1 Å². The Labute approximate surface area is 76.8 Å². The molecule has 4 heteroatoms. The van der Waals surface area contributed by atoms with Crippen LogP contribution in [-0.2, 0) is 9.53 Å². The fourth-order valence-electron chi connectivity index (χ4n) is 1.67. The molecule has 0 saturated carbocycles. The molecule has 0 aliphatic carbocycles. The van der Waals surface area contributed by atoms with Gasteiger partial charge in [-0.3, -0.25) is 4.79 Å². The minimum Gasteiger partial charge on any atom is -0.500 e. The number of carbonyl (C=O) groups excluding carboxylic acids is 1. The van der Waals surface area contributed by atoms with Gasteiger partial charge in [0.25, 0.3) is 5.91 Å². The molecule has 1 N–H and O–H groups in total. The Hall–Kier alpha value is -1.03. The van der Waals surface area contributed by atoms with E-state index in [0.717, 1.165) is 5.57 Å². The molecule has 0 aromatic rings. The van der Waals surface area contributed by atoms with Crippen LogP contribution in [0.5, 0.6) is 0 Å². The van der Waals surface area contributed by atoms with E-state index in [2.05, 4.69) is 0 Å². The molecule has 0 aromatic carbocycles. The van der Waals surface area contributed by atoms with E-state index in [1.165, 1.54) is 6.26 Å². The molecule has 0 bridgehead atoms. The number of carbonyl (C=O) groups is 1. The number of amides is 1. The van der Waals surface area contributed by atoms with Gasteiger partial charge in [-0.05, 0) is 6.92 Å². The van der Waals surface area contributed by atoms with Crippen LogP contribution in [0, 0.1) is 0 Å². The first-order valence-corrected chi connectivity index (χ1v) is 4.41. The summed E-state index contributed by atoms with van der Waals surface area (Å²) >= 11 is 0. The van der Waals surface area contributed by atoms with Crippen molar-refractivity contribution in [3.8, 4) is 0 Å². The molecule has 72 valence electrons. The first kappa shape index (κ1) is 8.56. The lowest BCUT2D eigenvalue weighted by Gasteiger charge is -2.44. The van der Waals surface area contributed by atoms with Gasteiger partial charge in [0.2, 0.25) is 0 Å². The maximum atomic E-state index is 11.6. The summed E-state index contributed by atoms with van der Waals surface area (Å²) in [5.74, 6) is 0.00373. The molecule has 2 rings (SSSR count). The highest BCUT2D eigenvalue weighted by atomic mass is 16.5. The highest BCUT2D eigenvalue weighted by molar-refractivity contribution is 5.94. The summed E-state index contributed by atoms with van der Waals surface area (Å²) in [6, 6.07) is 0. The van der Waals surface area contributed by atoms with Crippen LogP contribution in [-0.4, -0.2) is 41.2 Å². The van der Waals surface area contributed by atoms with E-state index >= 15 is 0 Å². The van der Waals surface area contributed by atoms with Crippen LogP contribution < -0.4 is 0 Å². The molecule has 2 aliphatic heterocycles. The summed E-state index contributed by atoms with van der Waals surface area (Å²) < 4.78 is 4.98. The molecular weight excluding hydrogens is 170 g/mol. The van der Waals surface area contributed by atoms with Crippen molar-refractivity contribution in [3.63, 3.8) is 0 Å². The normalized spacial score (nSPS) is 24.8. The van der Waals surface area contributed by atoms with Crippen molar-refractivity contribution in [2.24, 2.45) is 0 Å². The van der Waals surface area contributed by atoms with E-state index in [-0.39, 0.29) is 5.91 Å². The monoisotopic (exact) mass is 183 g/mol. The van der Waals surface area contributed by atoms with Crippen LogP contribution in [0.15, 0.2) is 11.8 Å². The molecule has 0 aromatic heterocycles.